The number of hydrogen-bond acceptors (Lipinski definition) is 2. The third kappa shape index (κ3) is 3.26. The quantitative estimate of drug-likeness (QED) is 0.743. The Morgan fingerprint density at radius 1 is 1.04 bits per heavy atom. The lowest BCUT2D eigenvalue weighted by Gasteiger charge is -2.15. The summed E-state index contributed by atoms with van der Waals surface area (Å²) in [5.74, 6) is -0.0732. The van der Waals surface area contributed by atoms with Crippen LogP contribution in [0.1, 0.15) is 42.0 Å². The second kappa shape index (κ2) is 6.63. The zero-order valence-electron chi connectivity index (χ0n) is 14.6. The molecule has 26 heavy (non-hydrogen) atoms. The summed E-state index contributed by atoms with van der Waals surface area (Å²) in [6.45, 7) is 3.36. The Kier molecular flexibility index (Phi) is 4.65. The van der Waals surface area contributed by atoms with Gasteiger partial charge in [-0.15, -0.1) is 0 Å². The molecular formula is C21H19F3O2. The molecule has 0 unspecified atom stereocenters. The van der Waals surface area contributed by atoms with Gasteiger partial charge in [-0.05, 0) is 53.3 Å². The fraction of sp³-hybridized carbons (Fsp3) is 0.286. The predicted molar refractivity (Wildman–Crippen MR) is 94.8 cm³/mol. The van der Waals surface area contributed by atoms with E-state index in [1.807, 2.05) is 13.0 Å². The van der Waals surface area contributed by atoms with E-state index in [4.69, 9.17) is 0 Å². The summed E-state index contributed by atoms with van der Waals surface area (Å²) in [6.07, 6.45) is -3.20. The maximum atomic E-state index is 13.2. The molecule has 2 aromatic rings. The molecule has 0 radical (unpaired) electrons. The maximum absolute atomic E-state index is 13.2. The molecule has 0 heterocycles. The topological polar surface area (TPSA) is 37.3 Å². The van der Waals surface area contributed by atoms with Crippen LogP contribution in [-0.4, -0.2) is 10.9 Å². The normalized spacial score (nSPS) is 15.0. The third-order valence-corrected chi connectivity index (χ3v) is 4.79. The number of carbonyl (C=O) groups is 1. The van der Waals surface area contributed by atoms with Gasteiger partial charge in [0.2, 0.25) is 0 Å². The number of Topliss-reactive ketones (excluding diaryl/α,β-unsaturated/α-hetero) is 1. The van der Waals surface area contributed by atoms with Gasteiger partial charge < -0.3 is 5.11 Å². The van der Waals surface area contributed by atoms with Crippen LogP contribution in [0.5, 0.6) is 0 Å². The Labute approximate surface area is 150 Å². The van der Waals surface area contributed by atoms with Gasteiger partial charge in [-0.25, -0.2) is 0 Å². The number of alkyl halides is 3. The Hall–Kier alpha value is -2.56. The highest BCUT2D eigenvalue weighted by atomic mass is 19.4. The van der Waals surface area contributed by atoms with E-state index in [0.29, 0.717) is 35.1 Å². The molecule has 1 aliphatic carbocycles. The zero-order valence-corrected chi connectivity index (χ0v) is 14.6. The van der Waals surface area contributed by atoms with E-state index in [1.165, 1.54) is 13.0 Å². The highest BCUT2D eigenvalue weighted by Crippen LogP contribution is 2.37. The van der Waals surface area contributed by atoms with Gasteiger partial charge in [0.1, 0.15) is 5.76 Å². The number of halogens is 3. The minimum atomic E-state index is -4.42. The van der Waals surface area contributed by atoms with E-state index in [0.717, 1.165) is 11.6 Å². The fourth-order valence-electron chi connectivity index (χ4n) is 3.35. The van der Waals surface area contributed by atoms with Crippen LogP contribution in [0, 0.1) is 6.92 Å². The number of ketones is 1. The Bertz CT molecular complexity index is 908. The highest BCUT2D eigenvalue weighted by Gasteiger charge is 2.32. The van der Waals surface area contributed by atoms with Crippen molar-refractivity contribution in [1.29, 1.82) is 0 Å². The minimum Gasteiger partial charge on any atom is -0.512 e. The van der Waals surface area contributed by atoms with Gasteiger partial charge in [-0.3, -0.25) is 4.79 Å². The molecule has 1 aliphatic rings. The van der Waals surface area contributed by atoms with Crippen molar-refractivity contribution in [2.24, 2.45) is 0 Å². The molecule has 0 saturated carbocycles. The number of benzene rings is 2. The van der Waals surface area contributed by atoms with Crippen molar-refractivity contribution in [1.82, 2.24) is 0 Å². The van der Waals surface area contributed by atoms with Crippen molar-refractivity contribution in [3.63, 3.8) is 0 Å². The van der Waals surface area contributed by atoms with E-state index in [-0.39, 0.29) is 23.5 Å². The highest BCUT2D eigenvalue weighted by molar-refractivity contribution is 6.23. The largest absolute Gasteiger partial charge is 0.512 e. The van der Waals surface area contributed by atoms with Crippen LogP contribution in [0.4, 0.5) is 13.2 Å². The molecule has 3 rings (SSSR count). The lowest BCUT2D eigenvalue weighted by Crippen LogP contribution is -2.07. The summed E-state index contributed by atoms with van der Waals surface area (Å²) in [4.78, 5) is 12.2. The molecule has 0 aliphatic heterocycles. The lowest BCUT2D eigenvalue weighted by molar-refractivity contribution is -0.138. The second-order valence-corrected chi connectivity index (χ2v) is 6.50. The van der Waals surface area contributed by atoms with Crippen LogP contribution in [-0.2, 0) is 17.4 Å². The van der Waals surface area contributed by atoms with Gasteiger partial charge in [0, 0.05) is 12.8 Å². The Morgan fingerprint density at radius 3 is 2.27 bits per heavy atom. The Balaban J connectivity index is 2.15. The number of aliphatic hydroxyl groups is 1. The van der Waals surface area contributed by atoms with Gasteiger partial charge in [0.15, 0.2) is 5.78 Å². The number of aliphatic hydroxyl groups excluding tert-OH is 1. The van der Waals surface area contributed by atoms with E-state index < -0.39 is 11.7 Å². The van der Waals surface area contributed by atoms with Crippen LogP contribution in [0.25, 0.3) is 16.7 Å². The zero-order chi connectivity index (χ0) is 19.1. The fourth-order valence-corrected chi connectivity index (χ4v) is 3.35. The number of allylic oxidation sites excluding steroid dienone is 2. The number of hydrogen-bond donors (Lipinski definition) is 1. The number of rotatable bonds is 3. The van der Waals surface area contributed by atoms with Crippen LogP contribution in [0.2, 0.25) is 0 Å². The van der Waals surface area contributed by atoms with Gasteiger partial charge in [0.25, 0.3) is 0 Å². The average molecular weight is 360 g/mol. The lowest BCUT2D eigenvalue weighted by atomic mass is 9.91. The summed E-state index contributed by atoms with van der Waals surface area (Å²) in [5.41, 5.74) is 2.30. The molecule has 0 atom stereocenters. The van der Waals surface area contributed by atoms with Crippen molar-refractivity contribution in [2.45, 2.75) is 39.3 Å². The molecular weight excluding hydrogens is 341 g/mol. The third-order valence-electron chi connectivity index (χ3n) is 4.79. The van der Waals surface area contributed by atoms with E-state index in [9.17, 15) is 23.1 Å². The van der Waals surface area contributed by atoms with Gasteiger partial charge >= 0.3 is 6.18 Å². The van der Waals surface area contributed by atoms with E-state index in [1.54, 1.807) is 18.2 Å². The van der Waals surface area contributed by atoms with Crippen molar-refractivity contribution in [2.75, 3.05) is 0 Å². The van der Waals surface area contributed by atoms with Crippen LogP contribution in [0.3, 0.4) is 0 Å². The van der Waals surface area contributed by atoms with Crippen molar-refractivity contribution >= 4 is 11.4 Å². The van der Waals surface area contributed by atoms with Gasteiger partial charge in [0.05, 0.1) is 11.1 Å². The smallest absolute Gasteiger partial charge is 0.416 e. The second-order valence-electron chi connectivity index (χ2n) is 6.50. The van der Waals surface area contributed by atoms with Crippen LogP contribution < -0.4 is 0 Å². The van der Waals surface area contributed by atoms with Crippen molar-refractivity contribution in [3.8, 4) is 11.1 Å². The summed E-state index contributed by atoms with van der Waals surface area (Å²) in [7, 11) is 0. The average Bonchev–Trinajstić information content (AvgIpc) is 2.92. The van der Waals surface area contributed by atoms with Crippen molar-refractivity contribution < 1.29 is 23.1 Å². The molecule has 0 bridgehead atoms. The summed E-state index contributed by atoms with van der Waals surface area (Å²) in [6, 6.07) is 9.49. The van der Waals surface area contributed by atoms with Gasteiger partial charge in [-0.2, -0.15) is 13.2 Å². The van der Waals surface area contributed by atoms with Gasteiger partial charge in [-0.1, -0.05) is 31.2 Å². The monoisotopic (exact) mass is 360 g/mol. The first-order chi connectivity index (χ1) is 12.2. The molecule has 2 aromatic carbocycles. The van der Waals surface area contributed by atoms with Crippen LogP contribution >= 0.6 is 0 Å². The molecule has 2 nitrogen and oxygen atoms in total. The molecule has 1 N–H and O–H groups in total. The molecule has 136 valence electrons. The first kappa shape index (κ1) is 18.2. The van der Waals surface area contributed by atoms with Crippen LogP contribution in [0.15, 0.2) is 42.2 Å². The minimum absolute atomic E-state index is 0.0572. The molecule has 5 heteroatoms. The predicted octanol–water partition coefficient (Wildman–Crippen LogP) is 5.88. The van der Waals surface area contributed by atoms with E-state index >= 15 is 0 Å². The number of carbonyl (C=O) groups excluding carboxylic acids is 1. The number of aryl methyl sites for hydroxylation is 2. The molecule has 0 fully saturated rings. The molecule has 0 spiro atoms. The molecule has 0 aromatic heterocycles. The van der Waals surface area contributed by atoms with E-state index in [2.05, 4.69) is 0 Å². The standard InChI is InChI=1S/C21H19F3O2/c1-3-13-6-7-14(10-16(13)20-18(25)8-9-19(20)26)15-5-4-12(2)17(11-15)21(22,23)24/h4-7,10-11,25H,3,8-9H2,1-2H3. The van der Waals surface area contributed by atoms with Crippen molar-refractivity contribution in [3.05, 3.63) is 64.4 Å². The summed E-state index contributed by atoms with van der Waals surface area (Å²) in [5, 5.41) is 10.1. The molecule has 0 saturated heterocycles. The molecule has 0 amide bonds. The SMILES string of the molecule is CCc1ccc(-c2ccc(C)c(C(F)(F)F)c2)cc1C1=C(O)CCC1=O. The Morgan fingerprint density at radius 2 is 1.69 bits per heavy atom. The summed E-state index contributed by atoms with van der Waals surface area (Å²) >= 11 is 0. The first-order valence-corrected chi connectivity index (χ1v) is 8.49. The first-order valence-electron chi connectivity index (χ1n) is 8.49. The summed E-state index contributed by atoms with van der Waals surface area (Å²) < 4.78 is 39.6. The maximum Gasteiger partial charge on any atom is 0.416 e.